The lowest BCUT2D eigenvalue weighted by Crippen LogP contribution is -2.45. The second-order valence-electron chi connectivity index (χ2n) is 8.65. The van der Waals surface area contributed by atoms with Crippen LogP contribution in [0.3, 0.4) is 0 Å². The summed E-state index contributed by atoms with van der Waals surface area (Å²) in [6, 6.07) is 9.11. The molecule has 3 aliphatic rings. The second kappa shape index (κ2) is 9.32. The van der Waals surface area contributed by atoms with E-state index in [4.69, 9.17) is 23.2 Å². The van der Waals surface area contributed by atoms with Crippen LogP contribution in [-0.2, 0) is 13.1 Å². The van der Waals surface area contributed by atoms with Gasteiger partial charge in [0.2, 0.25) is 0 Å². The average Bonchev–Trinajstić information content (AvgIpc) is 3.27. The van der Waals surface area contributed by atoms with Crippen molar-refractivity contribution in [3.05, 3.63) is 111 Å². The number of hydrogen-bond acceptors (Lipinski definition) is 5. The molecule has 6 nitrogen and oxygen atoms in total. The van der Waals surface area contributed by atoms with E-state index in [-0.39, 0.29) is 27.2 Å². The number of carboxylic acid groups (broad SMARTS) is 1. The number of benzene rings is 2. The van der Waals surface area contributed by atoms with E-state index in [1.54, 1.807) is 6.08 Å². The van der Waals surface area contributed by atoms with Crippen LogP contribution in [0.15, 0.2) is 94.5 Å². The van der Waals surface area contributed by atoms with Gasteiger partial charge in [0.15, 0.2) is 6.04 Å². The quantitative estimate of drug-likeness (QED) is 0.448. The number of carbonyl (C=O) groups is 1. The van der Waals surface area contributed by atoms with Crippen molar-refractivity contribution < 1.29 is 23.1 Å². The highest BCUT2D eigenvalue weighted by Gasteiger charge is 2.46. The fourth-order valence-electron chi connectivity index (χ4n) is 4.45. The number of fused-ring (bicyclic) bond motifs is 2. The Morgan fingerprint density at radius 1 is 1.11 bits per heavy atom. The molecule has 0 amide bonds. The fraction of sp³-hybridized carbons (Fsp3) is 0.154. The number of hydrogen-bond donors (Lipinski definition) is 2. The summed E-state index contributed by atoms with van der Waals surface area (Å²) in [7, 11) is 0. The van der Waals surface area contributed by atoms with Gasteiger partial charge in [0.1, 0.15) is 11.7 Å². The molecule has 0 bridgehead atoms. The van der Waals surface area contributed by atoms with Crippen LogP contribution >= 0.6 is 23.2 Å². The Bertz CT molecular complexity index is 1420. The third-order valence-electron chi connectivity index (χ3n) is 6.17. The molecular formula is C26H19Cl2F3N4O2. The zero-order valence-electron chi connectivity index (χ0n) is 19.1. The summed E-state index contributed by atoms with van der Waals surface area (Å²) >= 11 is 12.1. The van der Waals surface area contributed by atoms with Gasteiger partial charge in [0, 0.05) is 47.3 Å². The van der Waals surface area contributed by atoms with Gasteiger partial charge in [-0.25, -0.2) is 9.79 Å². The minimum atomic E-state index is -4.84. The van der Waals surface area contributed by atoms with Crippen LogP contribution in [0.1, 0.15) is 21.5 Å². The van der Waals surface area contributed by atoms with Gasteiger partial charge in [-0.15, -0.1) is 0 Å². The molecule has 2 aromatic carbocycles. The van der Waals surface area contributed by atoms with Crippen molar-refractivity contribution in [1.29, 1.82) is 0 Å². The van der Waals surface area contributed by atoms with E-state index in [1.807, 2.05) is 29.2 Å². The number of alkyl halides is 3. The second-order valence-corrected chi connectivity index (χ2v) is 9.52. The number of halogens is 5. The maximum Gasteiger partial charge on any atom is 0.412 e. The van der Waals surface area contributed by atoms with Gasteiger partial charge >= 0.3 is 12.1 Å². The van der Waals surface area contributed by atoms with Crippen molar-refractivity contribution in [2.24, 2.45) is 4.99 Å². The SMILES string of the molecule is C=C1C=C(N2Cc3ccccc3C2)N=C2C([C@H](Nc3ccc(Cl)cc3C(=O)O)C(F)(F)F)=CC(Cl)=CN12. The first kappa shape index (κ1) is 25.0. The molecule has 0 aromatic heterocycles. The third kappa shape index (κ3) is 4.84. The molecule has 190 valence electrons. The van der Waals surface area contributed by atoms with E-state index in [9.17, 15) is 23.1 Å². The Kier molecular flexibility index (Phi) is 6.29. The van der Waals surface area contributed by atoms with Crippen LogP contribution < -0.4 is 5.32 Å². The van der Waals surface area contributed by atoms with Gasteiger partial charge in [-0.3, -0.25) is 0 Å². The Hall–Kier alpha value is -3.69. The third-order valence-corrected chi connectivity index (χ3v) is 6.61. The lowest BCUT2D eigenvalue weighted by atomic mass is 9.99. The molecule has 0 unspecified atom stereocenters. The number of aliphatic imine (C=N–C) groups is 1. The van der Waals surface area contributed by atoms with Gasteiger partial charge in [-0.05, 0) is 35.4 Å². The van der Waals surface area contributed by atoms with Crippen molar-refractivity contribution >= 4 is 40.7 Å². The van der Waals surface area contributed by atoms with Gasteiger partial charge in [0.25, 0.3) is 0 Å². The molecule has 3 heterocycles. The highest BCUT2D eigenvalue weighted by Crippen LogP contribution is 2.38. The van der Waals surface area contributed by atoms with Crippen LogP contribution in [0.25, 0.3) is 0 Å². The molecule has 2 N–H and O–H groups in total. The lowest BCUT2D eigenvalue weighted by Gasteiger charge is -2.36. The standard InChI is InChI=1S/C26H19Cl2F3N4O2/c1-14-8-22(34-11-15-4-2-3-5-16(15)12-34)33-24-20(10-18(28)13-35(14)24)23(26(29,30)31)32-21-7-6-17(27)9-19(21)25(36)37/h2-10,13,23,32H,1,11-12H2,(H,36,37)/t23-/m0/s1. The topological polar surface area (TPSA) is 68.2 Å². The number of nitrogens with zero attached hydrogens (tertiary/aromatic N) is 3. The first-order valence-electron chi connectivity index (χ1n) is 11.1. The van der Waals surface area contributed by atoms with Crippen molar-refractivity contribution in [3.63, 3.8) is 0 Å². The zero-order chi connectivity index (χ0) is 26.5. The molecule has 1 atom stereocenters. The van der Waals surface area contributed by atoms with Crippen molar-refractivity contribution in [1.82, 2.24) is 9.80 Å². The molecule has 0 aliphatic carbocycles. The molecule has 0 radical (unpaired) electrons. The number of aromatic carboxylic acids is 1. The Morgan fingerprint density at radius 3 is 2.41 bits per heavy atom. The van der Waals surface area contributed by atoms with E-state index in [2.05, 4.69) is 16.9 Å². The molecule has 0 saturated heterocycles. The summed E-state index contributed by atoms with van der Waals surface area (Å²) in [5, 5.41) is 12.0. The summed E-state index contributed by atoms with van der Waals surface area (Å²) in [5.41, 5.74) is 1.67. The molecular weight excluding hydrogens is 528 g/mol. The molecule has 0 spiro atoms. The van der Waals surface area contributed by atoms with Crippen molar-refractivity contribution in [2.45, 2.75) is 25.3 Å². The maximum atomic E-state index is 14.5. The summed E-state index contributed by atoms with van der Waals surface area (Å²) in [6.07, 6.45) is -0.531. The summed E-state index contributed by atoms with van der Waals surface area (Å²) in [6.45, 7) is 5.11. The van der Waals surface area contributed by atoms with E-state index in [0.29, 0.717) is 24.6 Å². The molecule has 0 saturated carbocycles. The lowest BCUT2D eigenvalue weighted by molar-refractivity contribution is -0.133. The van der Waals surface area contributed by atoms with E-state index >= 15 is 0 Å². The van der Waals surface area contributed by atoms with Crippen LogP contribution in [0.5, 0.6) is 0 Å². The van der Waals surface area contributed by atoms with Crippen molar-refractivity contribution in [2.75, 3.05) is 5.32 Å². The first-order chi connectivity index (χ1) is 17.5. The number of anilines is 1. The minimum absolute atomic E-state index is 0.0106. The fourth-order valence-corrected chi connectivity index (χ4v) is 4.84. The van der Waals surface area contributed by atoms with Crippen LogP contribution in [0.4, 0.5) is 18.9 Å². The molecule has 5 rings (SSSR count). The molecule has 2 aromatic rings. The Balaban J connectivity index is 1.55. The molecule has 11 heteroatoms. The monoisotopic (exact) mass is 546 g/mol. The van der Waals surface area contributed by atoms with Crippen LogP contribution in [0.2, 0.25) is 5.02 Å². The number of amidine groups is 1. The zero-order valence-corrected chi connectivity index (χ0v) is 20.6. The predicted molar refractivity (Wildman–Crippen MR) is 136 cm³/mol. The number of allylic oxidation sites excluding steroid dienone is 3. The minimum Gasteiger partial charge on any atom is -0.478 e. The molecule has 0 fully saturated rings. The number of rotatable bonds is 5. The largest absolute Gasteiger partial charge is 0.478 e. The van der Waals surface area contributed by atoms with E-state index in [1.165, 1.54) is 29.3 Å². The Labute approximate surface area is 220 Å². The number of carboxylic acids is 1. The Morgan fingerprint density at radius 2 is 1.78 bits per heavy atom. The van der Waals surface area contributed by atoms with Gasteiger partial charge in [-0.1, -0.05) is 54.0 Å². The highest BCUT2D eigenvalue weighted by molar-refractivity contribution is 6.32. The van der Waals surface area contributed by atoms with Gasteiger partial charge < -0.3 is 20.2 Å². The normalized spacial score (nSPS) is 17.8. The molecule has 37 heavy (non-hydrogen) atoms. The van der Waals surface area contributed by atoms with E-state index in [0.717, 1.165) is 17.2 Å². The van der Waals surface area contributed by atoms with Gasteiger partial charge in [-0.2, -0.15) is 13.2 Å². The van der Waals surface area contributed by atoms with Crippen molar-refractivity contribution in [3.8, 4) is 0 Å². The number of nitrogens with one attached hydrogen (secondary N) is 1. The van der Waals surface area contributed by atoms with Crippen LogP contribution in [-0.4, -0.2) is 38.9 Å². The first-order valence-corrected chi connectivity index (χ1v) is 11.8. The smallest absolute Gasteiger partial charge is 0.412 e. The predicted octanol–water partition coefficient (Wildman–Crippen LogP) is 6.49. The molecule has 3 aliphatic heterocycles. The van der Waals surface area contributed by atoms with Crippen LogP contribution in [0, 0.1) is 0 Å². The maximum absolute atomic E-state index is 14.5. The average molecular weight is 547 g/mol. The summed E-state index contributed by atoms with van der Waals surface area (Å²) in [5.74, 6) is -0.975. The summed E-state index contributed by atoms with van der Waals surface area (Å²) in [4.78, 5) is 19.7. The highest BCUT2D eigenvalue weighted by atomic mass is 35.5. The van der Waals surface area contributed by atoms with E-state index < -0.39 is 23.8 Å². The van der Waals surface area contributed by atoms with Gasteiger partial charge in [0.05, 0.1) is 10.6 Å². The summed E-state index contributed by atoms with van der Waals surface area (Å²) < 4.78 is 43.5.